The smallest absolute Gasteiger partial charge is 0.255 e. The monoisotopic (exact) mass is 306 g/mol. The van der Waals surface area contributed by atoms with Crippen LogP contribution in [0.25, 0.3) is 0 Å². The lowest BCUT2D eigenvalue weighted by molar-refractivity contribution is 0.298. The predicted octanol–water partition coefficient (Wildman–Crippen LogP) is 1.71. The molecule has 0 aliphatic heterocycles. The Hall–Kier alpha value is -2.18. The molecule has 110 valence electrons. The van der Waals surface area contributed by atoms with E-state index in [1.807, 2.05) is 18.2 Å². The SMILES string of the molecule is Cc1nc(N/N=C/c2ccccc2Cl)[nH]c(=O)c1CCO. The van der Waals surface area contributed by atoms with Gasteiger partial charge < -0.3 is 5.11 Å². The summed E-state index contributed by atoms with van der Waals surface area (Å²) in [7, 11) is 0. The van der Waals surface area contributed by atoms with Crippen LogP contribution in [0.2, 0.25) is 5.02 Å². The van der Waals surface area contributed by atoms with Crippen LogP contribution in [0.5, 0.6) is 0 Å². The Morgan fingerprint density at radius 1 is 1.48 bits per heavy atom. The van der Waals surface area contributed by atoms with Crippen LogP contribution in [-0.4, -0.2) is 27.9 Å². The molecular weight excluding hydrogens is 292 g/mol. The fourth-order valence-electron chi connectivity index (χ4n) is 1.81. The van der Waals surface area contributed by atoms with Gasteiger partial charge in [0.2, 0.25) is 5.95 Å². The van der Waals surface area contributed by atoms with E-state index in [9.17, 15) is 4.79 Å². The van der Waals surface area contributed by atoms with Crippen molar-refractivity contribution < 1.29 is 5.11 Å². The summed E-state index contributed by atoms with van der Waals surface area (Å²) in [4.78, 5) is 18.6. The summed E-state index contributed by atoms with van der Waals surface area (Å²) in [6, 6.07) is 7.26. The average molecular weight is 307 g/mol. The molecular formula is C14H15ClN4O2. The fourth-order valence-corrected chi connectivity index (χ4v) is 2.00. The van der Waals surface area contributed by atoms with Gasteiger partial charge in [-0.3, -0.25) is 9.78 Å². The lowest BCUT2D eigenvalue weighted by Crippen LogP contribution is -2.19. The molecule has 0 spiro atoms. The second kappa shape index (κ2) is 7.01. The summed E-state index contributed by atoms with van der Waals surface area (Å²) in [5, 5.41) is 13.5. The number of nitrogens with zero attached hydrogens (tertiary/aromatic N) is 2. The number of hydrogen-bond acceptors (Lipinski definition) is 5. The van der Waals surface area contributed by atoms with Gasteiger partial charge in [-0.25, -0.2) is 10.4 Å². The summed E-state index contributed by atoms with van der Waals surface area (Å²) in [5.41, 5.74) is 4.15. The van der Waals surface area contributed by atoms with E-state index >= 15 is 0 Å². The number of nitrogens with one attached hydrogen (secondary N) is 2. The van der Waals surface area contributed by atoms with Gasteiger partial charge in [0.15, 0.2) is 0 Å². The Morgan fingerprint density at radius 3 is 2.90 bits per heavy atom. The lowest BCUT2D eigenvalue weighted by atomic mass is 10.2. The Kier molecular flexibility index (Phi) is 5.08. The van der Waals surface area contributed by atoms with Gasteiger partial charge in [-0.05, 0) is 13.0 Å². The molecule has 0 radical (unpaired) electrons. The van der Waals surface area contributed by atoms with E-state index in [1.54, 1.807) is 19.2 Å². The molecule has 0 unspecified atom stereocenters. The number of rotatable bonds is 5. The van der Waals surface area contributed by atoms with Crippen LogP contribution in [-0.2, 0) is 6.42 Å². The molecule has 2 rings (SSSR count). The highest BCUT2D eigenvalue weighted by Crippen LogP contribution is 2.12. The quantitative estimate of drug-likeness (QED) is 0.579. The number of H-pyrrole nitrogens is 1. The van der Waals surface area contributed by atoms with E-state index in [-0.39, 0.29) is 24.5 Å². The van der Waals surface area contributed by atoms with Crippen molar-refractivity contribution in [3.8, 4) is 0 Å². The largest absolute Gasteiger partial charge is 0.396 e. The van der Waals surface area contributed by atoms with Crippen LogP contribution in [0.3, 0.4) is 0 Å². The van der Waals surface area contributed by atoms with E-state index in [2.05, 4.69) is 20.5 Å². The number of benzene rings is 1. The molecule has 3 N–H and O–H groups in total. The molecule has 21 heavy (non-hydrogen) atoms. The minimum Gasteiger partial charge on any atom is -0.396 e. The average Bonchev–Trinajstić information content (AvgIpc) is 2.45. The van der Waals surface area contributed by atoms with Crippen LogP contribution in [0.1, 0.15) is 16.8 Å². The van der Waals surface area contributed by atoms with Crippen LogP contribution in [0.4, 0.5) is 5.95 Å². The number of aromatic nitrogens is 2. The van der Waals surface area contributed by atoms with Gasteiger partial charge in [0.05, 0.1) is 11.9 Å². The molecule has 0 fully saturated rings. The molecule has 0 atom stereocenters. The summed E-state index contributed by atoms with van der Waals surface area (Å²) in [6.07, 6.45) is 1.82. The van der Waals surface area contributed by atoms with Gasteiger partial charge in [-0.2, -0.15) is 5.10 Å². The molecule has 7 heteroatoms. The summed E-state index contributed by atoms with van der Waals surface area (Å²) in [5.74, 6) is 0.238. The number of anilines is 1. The second-order valence-electron chi connectivity index (χ2n) is 4.34. The van der Waals surface area contributed by atoms with E-state index in [4.69, 9.17) is 16.7 Å². The van der Waals surface area contributed by atoms with Gasteiger partial charge in [0.25, 0.3) is 5.56 Å². The maximum Gasteiger partial charge on any atom is 0.255 e. The Bertz CT molecular complexity index is 712. The topological polar surface area (TPSA) is 90.4 Å². The van der Waals surface area contributed by atoms with Crippen molar-refractivity contribution in [3.05, 3.63) is 56.5 Å². The number of hydrazone groups is 1. The normalized spacial score (nSPS) is 11.0. The van der Waals surface area contributed by atoms with Crippen molar-refractivity contribution in [2.24, 2.45) is 5.10 Å². The molecule has 0 saturated heterocycles. The summed E-state index contributed by atoms with van der Waals surface area (Å²) in [6.45, 7) is 1.62. The van der Waals surface area contributed by atoms with Crippen LogP contribution in [0.15, 0.2) is 34.2 Å². The Labute approximate surface area is 126 Å². The highest BCUT2D eigenvalue weighted by Gasteiger charge is 2.06. The van der Waals surface area contributed by atoms with E-state index in [1.165, 1.54) is 0 Å². The van der Waals surface area contributed by atoms with Crippen molar-refractivity contribution in [2.75, 3.05) is 12.0 Å². The molecule has 1 aromatic heterocycles. The van der Waals surface area contributed by atoms with E-state index < -0.39 is 0 Å². The first-order valence-corrected chi connectivity index (χ1v) is 6.74. The van der Waals surface area contributed by atoms with Crippen molar-refractivity contribution in [1.29, 1.82) is 0 Å². The van der Waals surface area contributed by atoms with Gasteiger partial charge >= 0.3 is 0 Å². The third-order valence-electron chi connectivity index (χ3n) is 2.86. The van der Waals surface area contributed by atoms with Gasteiger partial charge in [-0.1, -0.05) is 29.8 Å². The molecule has 0 saturated carbocycles. The van der Waals surface area contributed by atoms with E-state index in [0.717, 1.165) is 5.56 Å². The first-order chi connectivity index (χ1) is 10.1. The number of aliphatic hydroxyl groups is 1. The molecule has 1 heterocycles. The third-order valence-corrected chi connectivity index (χ3v) is 3.21. The lowest BCUT2D eigenvalue weighted by Gasteiger charge is -2.05. The van der Waals surface area contributed by atoms with Crippen molar-refractivity contribution >= 4 is 23.8 Å². The zero-order chi connectivity index (χ0) is 15.2. The highest BCUT2D eigenvalue weighted by molar-refractivity contribution is 6.33. The minimum atomic E-state index is -0.285. The second-order valence-corrected chi connectivity index (χ2v) is 4.75. The van der Waals surface area contributed by atoms with Crippen molar-refractivity contribution in [1.82, 2.24) is 9.97 Å². The number of aryl methyl sites for hydroxylation is 1. The zero-order valence-electron chi connectivity index (χ0n) is 11.4. The van der Waals surface area contributed by atoms with Crippen molar-refractivity contribution in [2.45, 2.75) is 13.3 Å². The van der Waals surface area contributed by atoms with E-state index in [0.29, 0.717) is 16.3 Å². The number of aromatic amines is 1. The number of aliphatic hydroxyl groups excluding tert-OH is 1. The number of hydrogen-bond donors (Lipinski definition) is 3. The third kappa shape index (κ3) is 3.90. The first-order valence-electron chi connectivity index (χ1n) is 6.36. The molecule has 0 aliphatic rings. The Morgan fingerprint density at radius 2 is 2.24 bits per heavy atom. The molecule has 0 bridgehead atoms. The van der Waals surface area contributed by atoms with Gasteiger partial charge in [-0.15, -0.1) is 0 Å². The minimum absolute atomic E-state index is 0.0942. The van der Waals surface area contributed by atoms with Crippen LogP contribution < -0.4 is 11.0 Å². The maximum absolute atomic E-state index is 11.8. The number of halogens is 1. The zero-order valence-corrected chi connectivity index (χ0v) is 12.2. The van der Waals surface area contributed by atoms with Crippen LogP contribution in [0, 0.1) is 6.92 Å². The summed E-state index contributed by atoms with van der Waals surface area (Å²) >= 11 is 6.00. The molecule has 6 nitrogen and oxygen atoms in total. The highest BCUT2D eigenvalue weighted by atomic mass is 35.5. The maximum atomic E-state index is 11.8. The van der Waals surface area contributed by atoms with Gasteiger partial charge in [0, 0.05) is 29.2 Å². The molecule has 0 amide bonds. The molecule has 1 aromatic carbocycles. The van der Waals surface area contributed by atoms with Gasteiger partial charge in [0.1, 0.15) is 0 Å². The van der Waals surface area contributed by atoms with Crippen LogP contribution >= 0.6 is 11.6 Å². The standard InChI is InChI=1S/C14H15ClN4O2/c1-9-11(6-7-20)13(21)18-14(17-9)19-16-8-10-4-2-3-5-12(10)15/h2-5,8,20H,6-7H2,1H3,(H2,17,18,19,21)/b16-8+. The van der Waals surface area contributed by atoms with Crippen molar-refractivity contribution in [3.63, 3.8) is 0 Å². The Balaban J connectivity index is 2.14. The fraction of sp³-hybridized carbons (Fsp3) is 0.214. The first kappa shape index (κ1) is 15.2. The molecule has 2 aromatic rings. The molecule has 0 aliphatic carbocycles. The summed E-state index contributed by atoms with van der Waals surface area (Å²) < 4.78 is 0. The predicted molar refractivity (Wildman–Crippen MR) is 83.1 cm³/mol.